The Balaban J connectivity index is 1.35. The van der Waals surface area contributed by atoms with Gasteiger partial charge in [-0.15, -0.1) is 0 Å². The number of aryl methyl sites for hydroxylation is 3. The molecule has 0 spiro atoms. The van der Waals surface area contributed by atoms with Crippen molar-refractivity contribution in [2.24, 2.45) is 0 Å². The Morgan fingerprint density at radius 1 is 1.03 bits per heavy atom. The predicted molar refractivity (Wildman–Crippen MR) is 126 cm³/mol. The molecule has 4 aromatic rings. The molecule has 0 radical (unpaired) electrons. The zero-order valence-electron chi connectivity index (χ0n) is 19.5. The van der Waals surface area contributed by atoms with Crippen LogP contribution in [0.15, 0.2) is 57.4 Å². The van der Waals surface area contributed by atoms with Crippen molar-refractivity contribution >= 4 is 17.1 Å². The lowest BCUT2D eigenvalue weighted by Gasteiger charge is -2.19. The van der Waals surface area contributed by atoms with E-state index in [1.54, 1.807) is 0 Å². The first-order chi connectivity index (χ1) is 15.8. The molecule has 0 aliphatic carbocycles. The highest BCUT2D eigenvalue weighted by Gasteiger charge is 2.16. The zero-order chi connectivity index (χ0) is 23.4. The smallest absolute Gasteiger partial charge is 0.320 e. The van der Waals surface area contributed by atoms with E-state index in [9.17, 15) is 4.79 Å². The van der Waals surface area contributed by atoms with Crippen molar-refractivity contribution < 1.29 is 18.4 Å². The van der Waals surface area contributed by atoms with E-state index in [0.29, 0.717) is 31.2 Å². The lowest BCUT2D eigenvalue weighted by atomic mass is 10.2. The lowest BCUT2D eigenvalue weighted by Crippen LogP contribution is -2.31. The molecule has 0 unspecified atom stereocenters. The first kappa shape index (κ1) is 22.7. The summed E-state index contributed by atoms with van der Waals surface area (Å²) in [4.78, 5) is 21.1. The maximum Gasteiger partial charge on any atom is 0.320 e. The second-order valence-electron chi connectivity index (χ2n) is 8.99. The van der Waals surface area contributed by atoms with Crippen molar-refractivity contribution in [1.82, 2.24) is 15.3 Å². The van der Waals surface area contributed by atoms with Crippen LogP contribution in [0, 0.1) is 6.92 Å². The van der Waals surface area contributed by atoms with E-state index in [0.717, 1.165) is 33.7 Å². The normalized spacial score (nSPS) is 11.8. The maximum atomic E-state index is 11.8. The van der Waals surface area contributed by atoms with E-state index in [4.69, 9.17) is 13.6 Å². The van der Waals surface area contributed by atoms with Gasteiger partial charge in [-0.1, -0.05) is 24.3 Å². The van der Waals surface area contributed by atoms with Crippen LogP contribution in [-0.4, -0.2) is 28.1 Å². The molecule has 33 heavy (non-hydrogen) atoms. The Morgan fingerprint density at radius 3 is 2.58 bits per heavy atom. The molecule has 0 saturated heterocycles. The summed E-state index contributed by atoms with van der Waals surface area (Å²) in [5.74, 6) is 1.82. The van der Waals surface area contributed by atoms with E-state index in [1.807, 2.05) is 76.2 Å². The summed E-state index contributed by atoms with van der Waals surface area (Å²) in [6.45, 7) is 8.18. The molecule has 7 nitrogen and oxygen atoms in total. The zero-order valence-corrected chi connectivity index (χ0v) is 19.5. The minimum absolute atomic E-state index is 0.154. The molecule has 0 bridgehead atoms. The number of nitrogens with zero attached hydrogens (tertiary/aromatic N) is 2. The van der Waals surface area contributed by atoms with Crippen LogP contribution in [0.2, 0.25) is 0 Å². The largest absolute Gasteiger partial charge is 0.459 e. The molecule has 0 aliphatic rings. The second-order valence-corrected chi connectivity index (χ2v) is 8.99. The summed E-state index contributed by atoms with van der Waals surface area (Å²) in [5, 5.41) is 3.11. The van der Waals surface area contributed by atoms with E-state index < -0.39 is 5.60 Å². The minimum Gasteiger partial charge on any atom is -0.459 e. The standard InChI is InChI=1S/C26H29N3O4/c1-17-20(29-25(31-17)19-8-6-5-7-9-19)11-13-23-28-21-14-18(10-12-22(21)32-23)15-27-16-24(30)33-26(2,3)4/h5-10,12,14,27H,11,13,15-16H2,1-4H3. The van der Waals surface area contributed by atoms with Gasteiger partial charge in [0.2, 0.25) is 5.89 Å². The van der Waals surface area contributed by atoms with Crippen molar-refractivity contribution in [3.8, 4) is 11.5 Å². The number of nitrogens with one attached hydrogen (secondary N) is 1. The van der Waals surface area contributed by atoms with Crippen LogP contribution in [0.25, 0.3) is 22.6 Å². The first-order valence-corrected chi connectivity index (χ1v) is 11.1. The van der Waals surface area contributed by atoms with Gasteiger partial charge in [0.1, 0.15) is 16.9 Å². The number of hydrogen-bond acceptors (Lipinski definition) is 7. The van der Waals surface area contributed by atoms with Gasteiger partial charge in [-0.05, 0) is 57.5 Å². The maximum absolute atomic E-state index is 11.8. The third-order valence-corrected chi connectivity index (χ3v) is 5.00. The van der Waals surface area contributed by atoms with Gasteiger partial charge in [-0.3, -0.25) is 4.79 Å². The molecule has 4 rings (SSSR count). The van der Waals surface area contributed by atoms with Gasteiger partial charge < -0.3 is 18.9 Å². The van der Waals surface area contributed by atoms with E-state index in [-0.39, 0.29) is 12.5 Å². The molecule has 0 atom stereocenters. The highest BCUT2D eigenvalue weighted by molar-refractivity contribution is 5.74. The summed E-state index contributed by atoms with van der Waals surface area (Å²) in [6.07, 6.45) is 1.31. The number of ether oxygens (including phenoxy) is 1. The molecule has 1 N–H and O–H groups in total. The molecule has 172 valence electrons. The number of fused-ring (bicyclic) bond motifs is 1. The number of hydrogen-bond donors (Lipinski definition) is 1. The molecule has 0 saturated carbocycles. The van der Waals surface area contributed by atoms with E-state index >= 15 is 0 Å². The van der Waals surface area contributed by atoms with Gasteiger partial charge in [-0.2, -0.15) is 0 Å². The van der Waals surface area contributed by atoms with Crippen LogP contribution >= 0.6 is 0 Å². The number of esters is 1. The van der Waals surface area contributed by atoms with E-state index in [2.05, 4.69) is 15.3 Å². The van der Waals surface area contributed by atoms with Crippen molar-refractivity contribution in [3.05, 3.63) is 71.4 Å². The van der Waals surface area contributed by atoms with Gasteiger partial charge in [0.25, 0.3) is 0 Å². The van der Waals surface area contributed by atoms with Crippen LogP contribution in [0.4, 0.5) is 0 Å². The van der Waals surface area contributed by atoms with Crippen LogP contribution in [-0.2, 0) is 28.9 Å². The summed E-state index contributed by atoms with van der Waals surface area (Å²) >= 11 is 0. The second kappa shape index (κ2) is 9.58. The number of benzene rings is 2. The van der Waals surface area contributed by atoms with E-state index in [1.165, 1.54) is 0 Å². The van der Waals surface area contributed by atoms with Gasteiger partial charge in [-0.25, -0.2) is 9.97 Å². The number of carbonyl (C=O) groups excluding carboxylic acids is 1. The Hall–Kier alpha value is -3.45. The Morgan fingerprint density at radius 2 is 1.82 bits per heavy atom. The fraction of sp³-hybridized carbons (Fsp3) is 0.346. The molecule has 7 heteroatoms. The Labute approximate surface area is 193 Å². The average molecular weight is 448 g/mol. The van der Waals surface area contributed by atoms with Gasteiger partial charge in [0.05, 0.1) is 12.2 Å². The lowest BCUT2D eigenvalue weighted by molar-refractivity contribution is -0.153. The van der Waals surface area contributed by atoms with Gasteiger partial charge >= 0.3 is 5.97 Å². The molecule has 2 heterocycles. The highest BCUT2D eigenvalue weighted by atomic mass is 16.6. The molecule has 0 amide bonds. The van der Waals surface area contributed by atoms with Gasteiger partial charge in [0.15, 0.2) is 11.5 Å². The van der Waals surface area contributed by atoms with Crippen LogP contribution in [0.3, 0.4) is 0 Å². The number of rotatable bonds is 8. The monoisotopic (exact) mass is 447 g/mol. The molecular formula is C26H29N3O4. The molecule has 0 aliphatic heterocycles. The van der Waals surface area contributed by atoms with Crippen LogP contribution in [0.5, 0.6) is 0 Å². The Kier molecular flexibility index (Phi) is 6.60. The summed E-state index contributed by atoms with van der Waals surface area (Å²) < 4.78 is 17.1. The van der Waals surface area contributed by atoms with Crippen LogP contribution < -0.4 is 5.32 Å². The minimum atomic E-state index is -0.484. The third-order valence-electron chi connectivity index (χ3n) is 5.00. The van der Waals surface area contributed by atoms with Crippen LogP contribution in [0.1, 0.15) is 43.7 Å². The first-order valence-electron chi connectivity index (χ1n) is 11.1. The van der Waals surface area contributed by atoms with Crippen molar-refractivity contribution in [2.75, 3.05) is 6.54 Å². The number of aromatic nitrogens is 2. The summed E-state index contributed by atoms with van der Waals surface area (Å²) in [7, 11) is 0. The topological polar surface area (TPSA) is 90.4 Å². The number of carbonyl (C=O) groups is 1. The third kappa shape index (κ3) is 6.08. The number of oxazole rings is 2. The van der Waals surface area contributed by atoms with Crippen molar-refractivity contribution in [1.29, 1.82) is 0 Å². The Bertz CT molecular complexity index is 1240. The van der Waals surface area contributed by atoms with Crippen molar-refractivity contribution in [2.45, 2.75) is 52.7 Å². The fourth-order valence-electron chi connectivity index (χ4n) is 3.51. The predicted octanol–water partition coefficient (Wildman–Crippen LogP) is 5.01. The SMILES string of the molecule is Cc1oc(-c2ccccc2)nc1CCc1nc2cc(CNCC(=O)OC(C)(C)C)ccc2o1. The van der Waals surface area contributed by atoms with Gasteiger partial charge in [0, 0.05) is 24.9 Å². The summed E-state index contributed by atoms with van der Waals surface area (Å²) in [6, 6.07) is 15.7. The molecule has 0 fully saturated rings. The molecule has 2 aromatic heterocycles. The fourth-order valence-corrected chi connectivity index (χ4v) is 3.51. The molecular weight excluding hydrogens is 418 g/mol. The summed E-state index contributed by atoms with van der Waals surface area (Å²) in [5.41, 5.74) is 3.93. The average Bonchev–Trinajstić information content (AvgIpc) is 3.34. The van der Waals surface area contributed by atoms with Crippen molar-refractivity contribution in [3.63, 3.8) is 0 Å². The molecule has 2 aromatic carbocycles. The highest BCUT2D eigenvalue weighted by Crippen LogP contribution is 2.23. The quantitative estimate of drug-likeness (QED) is 0.380.